The van der Waals surface area contributed by atoms with E-state index in [4.69, 9.17) is 0 Å². The summed E-state index contributed by atoms with van der Waals surface area (Å²) in [7, 11) is 1.75. The Balaban J connectivity index is 0.00000240. The van der Waals surface area contributed by atoms with Crippen LogP contribution in [0.25, 0.3) is 21.8 Å². The molecule has 0 fully saturated rings. The van der Waals surface area contributed by atoms with Gasteiger partial charge in [0, 0.05) is 48.8 Å². The van der Waals surface area contributed by atoms with E-state index in [0.717, 1.165) is 45.3 Å². The highest BCUT2D eigenvalue weighted by Gasteiger charge is 2.06. The van der Waals surface area contributed by atoms with E-state index in [9.17, 15) is 4.39 Å². The summed E-state index contributed by atoms with van der Waals surface area (Å²) < 4.78 is 13.5. The molecule has 2 heterocycles. The molecule has 0 unspecified atom stereocenters. The maximum Gasteiger partial charge on any atom is 0.191 e. The number of nitrogens with one attached hydrogen (secondary N) is 3. The number of fused-ring (bicyclic) bond motifs is 2. The fourth-order valence-corrected chi connectivity index (χ4v) is 3.38. The van der Waals surface area contributed by atoms with Crippen molar-refractivity contribution in [2.24, 2.45) is 4.99 Å². The van der Waals surface area contributed by atoms with Crippen molar-refractivity contribution in [3.05, 3.63) is 77.9 Å². The quantitative estimate of drug-likeness (QED) is 0.215. The lowest BCUT2D eigenvalue weighted by atomic mass is 10.1. The smallest absolute Gasteiger partial charge is 0.191 e. The molecule has 0 atom stereocenters. The SMILES string of the molecule is CN=C(NCCc1c[nH]c2ccc(F)cc12)NCc1cccc2cccnc12.I. The molecular weight excluding hydrogens is 480 g/mol. The summed E-state index contributed by atoms with van der Waals surface area (Å²) in [5.41, 5.74) is 4.14. The third kappa shape index (κ3) is 4.84. The van der Waals surface area contributed by atoms with Gasteiger partial charge in [0.15, 0.2) is 5.96 Å². The zero-order valence-electron chi connectivity index (χ0n) is 16.1. The summed E-state index contributed by atoms with van der Waals surface area (Å²) in [5.74, 6) is 0.501. The molecule has 0 saturated heterocycles. The second-order valence-corrected chi connectivity index (χ2v) is 6.60. The minimum Gasteiger partial charge on any atom is -0.361 e. The summed E-state index contributed by atoms with van der Waals surface area (Å²) in [6.07, 6.45) is 4.51. The third-order valence-corrected chi connectivity index (χ3v) is 4.80. The highest BCUT2D eigenvalue weighted by atomic mass is 127. The van der Waals surface area contributed by atoms with E-state index in [1.807, 2.05) is 24.5 Å². The Morgan fingerprint density at radius 2 is 1.97 bits per heavy atom. The van der Waals surface area contributed by atoms with Gasteiger partial charge in [-0.05, 0) is 41.8 Å². The van der Waals surface area contributed by atoms with Crippen molar-refractivity contribution < 1.29 is 4.39 Å². The molecule has 29 heavy (non-hydrogen) atoms. The molecule has 150 valence electrons. The average molecular weight is 503 g/mol. The lowest BCUT2D eigenvalue weighted by molar-refractivity contribution is 0.629. The number of guanidine groups is 1. The number of halogens is 2. The number of nitrogens with zero attached hydrogens (tertiary/aromatic N) is 2. The fourth-order valence-electron chi connectivity index (χ4n) is 3.38. The van der Waals surface area contributed by atoms with Crippen LogP contribution in [0.15, 0.2) is 65.9 Å². The molecule has 0 radical (unpaired) electrons. The largest absolute Gasteiger partial charge is 0.361 e. The van der Waals surface area contributed by atoms with Gasteiger partial charge in [-0.3, -0.25) is 9.98 Å². The molecule has 4 rings (SSSR count). The van der Waals surface area contributed by atoms with Crippen molar-refractivity contribution in [1.82, 2.24) is 20.6 Å². The number of H-pyrrole nitrogens is 1. The Morgan fingerprint density at radius 1 is 1.10 bits per heavy atom. The molecule has 2 aromatic carbocycles. The van der Waals surface area contributed by atoms with Gasteiger partial charge in [-0.1, -0.05) is 24.3 Å². The van der Waals surface area contributed by atoms with Gasteiger partial charge in [0.2, 0.25) is 0 Å². The number of hydrogen-bond donors (Lipinski definition) is 3. The molecule has 7 heteroatoms. The Kier molecular flexibility index (Phi) is 7.03. The van der Waals surface area contributed by atoms with Crippen molar-refractivity contribution in [2.45, 2.75) is 13.0 Å². The van der Waals surface area contributed by atoms with Gasteiger partial charge in [0.25, 0.3) is 0 Å². The predicted molar refractivity (Wildman–Crippen MR) is 127 cm³/mol. The van der Waals surface area contributed by atoms with Crippen molar-refractivity contribution in [3.63, 3.8) is 0 Å². The minimum absolute atomic E-state index is 0. The van der Waals surface area contributed by atoms with Crippen molar-refractivity contribution in [1.29, 1.82) is 0 Å². The van der Waals surface area contributed by atoms with E-state index in [-0.39, 0.29) is 29.8 Å². The van der Waals surface area contributed by atoms with Crippen LogP contribution in [0, 0.1) is 5.82 Å². The van der Waals surface area contributed by atoms with Gasteiger partial charge < -0.3 is 15.6 Å². The molecule has 2 aromatic heterocycles. The summed E-state index contributed by atoms with van der Waals surface area (Å²) in [6, 6.07) is 15.0. The first-order valence-electron chi connectivity index (χ1n) is 9.27. The molecule has 0 amide bonds. The topological polar surface area (TPSA) is 65.1 Å². The molecular formula is C22H23FIN5. The maximum absolute atomic E-state index is 13.5. The van der Waals surface area contributed by atoms with Crippen LogP contribution >= 0.6 is 24.0 Å². The van der Waals surface area contributed by atoms with Crippen LogP contribution in [0.4, 0.5) is 4.39 Å². The van der Waals surface area contributed by atoms with Gasteiger partial charge in [0.1, 0.15) is 5.82 Å². The number of hydrogen-bond acceptors (Lipinski definition) is 2. The maximum atomic E-state index is 13.5. The number of pyridine rings is 1. The number of rotatable bonds is 5. The van der Waals surface area contributed by atoms with Crippen LogP contribution in [0.3, 0.4) is 0 Å². The number of benzene rings is 2. The van der Waals surface area contributed by atoms with Crippen molar-refractivity contribution in [2.75, 3.05) is 13.6 Å². The Hall–Kier alpha value is -2.68. The molecule has 0 saturated carbocycles. The molecule has 0 aliphatic rings. The van der Waals surface area contributed by atoms with Gasteiger partial charge in [-0.2, -0.15) is 0 Å². The first-order chi connectivity index (χ1) is 13.7. The van der Waals surface area contributed by atoms with Crippen LogP contribution < -0.4 is 10.6 Å². The summed E-state index contributed by atoms with van der Waals surface area (Å²) >= 11 is 0. The van der Waals surface area contributed by atoms with E-state index in [2.05, 4.69) is 43.8 Å². The highest BCUT2D eigenvalue weighted by Crippen LogP contribution is 2.19. The first-order valence-corrected chi connectivity index (χ1v) is 9.27. The number of aromatic nitrogens is 2. The summed E-state index contributed by atoms with van der Waals surface area (Å²) in [5, 5.41) is 8.70. The summed E-state index contributed by atoms with van der Waals surface area (Å²) in [6.45, 7) is 1.32. The van der Waals surface area contributed by atoms with Gasteiger partial charge in [-0.15, -0.1) is 24.0 Å². The highest BCUT2D eigenvalue weighted by molar-refractivity contribution is 14.0. The van der Waals surface area contributed by atoms with Crippen LogP contribution in [-0.4, -0.2) is 29.5 Å². The second-order valence-electron chi connectivity index (χ2n) is 6.60. The van der Waals surface area contributed by atoms with Crippen molar-refractivity contribution in [3.8, 4) is 0 Å². The molecule has 0 aliphatic carbocycles. The van der Waals surface area contributed by atoms with E-state index < -0.39 is 0 Å². The van der Waals surface area contributed by atoms with Gasteiger partial charge in [0.05, 0.1) is 5.52 Å². The molecule has 5 nitrogen and oxygen atoms in total. The van der Waals surface area contributed by atoms with Crippen LogP contribution in [0.2, 0.25) is 0 Å². The average Bonchev–Trinajstić information content (AvgIpc) is 3.12. The molecule has 0 bridgehead atoms. The monoisotopic (exact) mass is 503 g/mol. The fraction of sp³-hybridized carbons (Fsp3) is 0.182. The number of aliphatic imine (C=N–C) groups is 1. The molecule has 4 aromatic rings. The van der Waals surface area contributed by atoms with Gasteiger partial charge in [-0.25, -0.2) is 4.39 Å². The Morgan fingerprint density at radius 3 is 2.83 bits per heavy atom. The third-order valence-electron chi connectivity index (χ3n) is 4.80. The lowest BCUT2D eigenvalue weighted by Crippen LogP contribution is -2.37. The normalized spacial score (nSPS) is 11.4. The Labute approximate surface area is 185 Å². The van der Waals surface area contributed by atoms with E-state index in [1.165, 1.54) is 6.07 Å². The number of para-hydroxylation sites is 1. The zero-order chi connectivity index (χ0) is 19.3. The molecule has 0 aliphatic heterocycles. The lowest BCUT2D eigenvalue weighted by Gasteiger charge is -2.13. The summed E-state index contributed by atoms with van der Waals surface area (Å²) in [4.78, 5) is 12.0. The van der Waals surface area contributed by atoms with E-state index in [1.54, 1.807) is 19.2 Å². The first kappa shape index (κ1) is 21.0. The molecule has 0 spiro atoms. The minimum atomic E-state index is -0.220. The van der Waals surface area contributed by atoms with E-state index >= 15 is 0 Å². The standard InChI is InChI=1S/C22H22FN5.HI/c1-24-22(28-14-17-5-2-4-15-6-3-10-25-21(15)17)26-11-9-16-13-27-20-8-7-18(23)12-19(16)20;/h2-8,10,12-13,27H,9,11,14H2,1H3,(H2,24,26,28);1H. The van der Waals surface area contributed by atoms with Crippen LogP contribution in [-0.2, 0) is 13.0 Å². The van der Waals surface area contributed by atoms with Crippen LogP contribution in [0.1, 0.15) is 11.1 Å². The predicted octanol–water partition coefficient (Wildman–Crippen LogP) is 4.38. The van der Waals surface area contributed by atoms with Crippen LogP contribution in [0.5, 0.6) is 0 Å². The van der Waals surface area contributed by atoms with Gasteiger partial charge >= 0.3 is 0 Å². The zero-order valence-corrected chi connectivity index (χ0v) is 18.4. The molecule has 3 N–H and O–H groups in total. The van der Waals surface area contributed by atoms with Crippen molar-refractivity contribution >= 4 is 51.7 Å². The number of aromatic amines is 1. The Bertz CT molecular complexity index is 1130. The van der Waals surface area contributed by atoms with E-state index in [0.29, 0.717) is 13.1 Å². The second kappa shape index (κ2) is 9.69.